The van der Waals surface area contributed by atoms with Gasteiger partial charge in [-0.2, -0.15) is 0 Å². The fraction of sp³-hybridized carbons (Fsp3) is 0.412. The van der Waals surface area contributed by atoms with E-state index < -0.39 is 0 Å². The summed E-state index contributed by atoms with van der Waals surface area (Å²) < 4.78 is 0. The number of nitrogens with zero attached hydrogens (tertiary/aromatic N) is 1. The first-order valence-electron chi connectivity index (χ1n) is 7.28. The van der Waals surface area contributed by atoms with Crippen LogP contribution in [0.4, 0.5) is 0 Å². The molecule has 2 atom stereocenters. The van der Waals surface area contributed by atoms with Gasteiger partial charge < -0.3 is 4.98 Å². The second-order valence-corrected chi connectivity index (χ2v) is 6.93. The molecule has 4 rings (SSSR count). The van der Waals surface area contributed by atoms with E-state index in [2.05, 4.69) is 54.4 Å². The lowest BCUT2D eigenvalue weighted by Gasteiger charge is -2.19. The first-order valence-corrected chi connectivity index (χ1v) is 8.50. The first-order chi connectivity index (χ1) is 9.69. The first kappa shape index (κ1) is 12.5. The van der Waals surface area contributed by atoms with Crippen molar-refractivity contribution in [1.82, 2.24) is 9.88 Å². The number of aromatic amines is 1. The molecule has 0 radical (unpaired) electrons. The lowest BCUT2D eigenvalue weighted by Crippen LogP contribution is -2.27. The van der Waals surface area contributed by atoms with Gasteiger partial charge in [0.15, 0.2) is 0 Å². The zero-order valence-corrected chi connectivity index (χ0v) is 13.1. The Morgan fingerprint density at radius 2 is 2.20 bits per heavy atom. The van der Waals surface area contributed by atoms with E-state index in [4.69, 9.17) is 0 Å². The number of likely N-dealkylation sites (N-methyl/N-ethyl adjacent to an activating group) is 1. The molecule has 0 saturated carbocycles. The molecule has 2 heterocycles. The van der Waals surface area contributed by atoms with E-state index in [1.165, 1.54) is 33.6 Å². The number of likely N-dealkylation sites (tertiary alicyclic amines) is 1. The summed E-state index contributed by atoms with van der Waals surface area (Å²) in [6.07, 6.45) is 5.76. The quantitative estimate of drug-likeness (QED) is 0.804. The number of H-pyrrole nitrogens is 1. The fourth-order valence-corrected chi connectivity index (χ4v) is 4.59. The highest BCUT2D eigenvalue weighted by Crippen LogP contribution is 2.41. The number of thioether (sulfide) groups is 1. The molecule has 1 aromatic heterocycles. The lowest BCUT2D eigenvalue weighted by molar-refractivity contribution is 0.319. The van der Waals surface area contributed by atoms with Gasteiger partial charge in [0.05, 0.1) is 5.03 Å². The smallest absolute Gasteiger partial charge is 0.0763 e. The second kappa shape index (κ2) is 4.40. The molecule has 1 aliphatic heterocycles. The maximum absolute atomic E-state index is 3.59. The van der Waals surface area contributed by atoms with E-state index in [-0.39, 0.29) is 0 Å². The minimum absolute atomic E-state index is 0.572. The molecule has 1 aliphatic carbocycles. The normalized spacial score (nSPS) is 25.6. The van der Waals surface area contributed by atoms with Crippen LogP contribution >= 0.6 is 11.8 Å². The van der Waals surface area contributed by atoms with E-state index in [0.717, 1.165) is 6.42 Å². The van der Waals surface area contributed by atoms with E-state index in [9.17, 15) is 0 Å². The van der Waals surface area contributed by atoms with Crippen LogP contribution in [0, 0.1) is 5.92 Å². The highest BCUT2D eigenvalue weighted by molar-refractivity contribution is 7.98. The third-order valence-corrected chi connectivity index (χ3v) is 5.65. The summed E-state index contributed by atoms with van der Waals surface area (Å²) in [5.41, 5.74) is 5.81. The highest BCUT2D eigenvalue weighted by atomic mass is 32.2. The predicted molar refractivity (Wildman–Crippen MR) is 87.3 cm³/mol. The van der Waals surface area contributed by atoms with Crippen molar-refractivity contribution < 1.29 is 0 Å². The zero-order chi connectivity index (χ0) is 13.9. The summed E-state index contributed by atoms with van der Waals surface area (Å²) in [5, 5.41) is 2.79. The Bertz CT molecular complexity index is 713. The Kier molecular flexibility index (Phi) is 2.76. The minimum atomic E-state index is 0.572. The molecule has 0 amide bonds. The van der Waals surface area contributed by atoms with Crippen LogP contribution in [0.15, 0.2) is 28.8 Å². The monoisotopic (exact) mass is 284 g/mol. The van der Waals surface area contributed by atoms with Crippen LogP contribution in [0.5, 0.6) is 0 Å². The summed E-state index contributed by atoms with van der Waals surface area (Å²) in [7, 11) is 2.26. The van der Waals surface area contributed by atoms with Crippen molar-refractivity contribution >= 4 is 28.7 Å². The summed E-state index contributed by atoms with van der Waals surface area (Å²) >= 11 is 1.84. The van der Waals surface area contributed by atoms with Crippen molar-refractivity contribution in [3.05, 3.63) is 34.9 Å². The number of hydrogen-bond donors (Lipinski definition) is 1. The van der Waals surface area contributed by atoms with Gasteiger partial charge in [-0.15, -0.1) is 11.8 Å². The van der Waals surface area contributed by atoms with Gasteiger partial charge in [0.1, 0.15) is 0 Å². The van der Waals surface area contributed by atoms with Gasteiger partial charge in [-0.1, -0.05) is 25.1 Å². The summed E-state index contributed by atoms with van der Waals surface area (Å²) in [4.78, 5) is 6.11. The molecule has 104 valence electrons. The topological polar surface area (TPSA) is 19.0 Å². The average molecular weight is 284 g/mol. The van der Waals surface area contributed by atoms with Gasteiger partial charge in [-0.25, -0.2) is 0 Å². The van der Waals surface area contributed by atoms with E-state index >= 15 is 0 Å². The Morgan fingerprint density at radius 1 is 1.35 bits per heavy atom. The van der Waals surface area contributed by atoms with Gasteiger partial charge >= 0.3 is 0 Å². The van der Waals surface area contributed by atoms with Gasteiger partial charge in [0.25, 0.3) is 0 Å². The second-order valence-electron chi connectivity index (χ2n) is 6.11. The number of rotatable bonds is 1. The van der Waals surface area contributed by atoms with Gasteiger partial charge in [0.2, 0.25) is 0 Å². The Labute approximate surface area is 124 Å². The Balaban J connectivity index is 2.01. The maximum atomic E-state index is 3.59. The Hall–Kier alpha value is -1.19. The van der Waals surface area contributed by atoms with Crippen molar-refractivity contribution in [2.24, 2.45) is 5.92 Å². The molecule has 1 aromatic carbocycles. The molecule has 2 aromatic rings. The molecule has 0 spiro atoms. The number of hydrogen-bond acceptors (Lipinski definition) is 2. The molecular weight excluding hydrogens is 264 g/mol. The third kappa shape index (κ3) is 1.63. The summed E-state index contributed by atoms with van der Waals surface area (Å²) in [5.74, 6) is 0.672. The van der Waals surface area contributed by atoms with Crippen LogP contribution < -0.4 is 0 Å². The van der Waals surface area contributed by atoms with Crippen molar-refractivity contribution in [1.29, 1.82) is 0 Å². The van der Waals surface area contributed by atoms with Crippen LogP contribution in [0.3, 0.4) is 0 Å². The summed E-state index contributed by atoms with van der Waals surface area (Å²) in [6, 6.07) is 7.21. The standard InChI is InChI=1S/C17H20N2S/c1-10-9-19(2)15-8-13-16-11(7-12(10)15)5-4-6-14(16)18-17(13)20-3/h4-7,10,15,18H,8-9H2,1-3H3/t10-,15+/m0/s1. The van der Waals surface area contributed by atoms with E-state index in [1.54, 1.807) is 5.57 Å². The van der Waals surface area contributed by atoms with Crippen LogP contribution in [0.2, 0.25) is 0 Å². The van der Waals surface area contributed by atoms with Crippen LogP contribution in [0.1, 0.15) is 18.1 Å². The lowest BCUT2D eigenvalue weighted by atomic mass is 9.96. The third-order valence-electron chi connectivity index (χ3n) is 4.89. The van der Waals surface area contributed by atoms with Crippen LogP contribution in [-0.2, 0) is 6.42 Å². The molecule has 20 heavy (non-hydrogen) atoms. The van der Waals surface area contributed by atoms with Crippen LogP contribution in [0.25, 0.3) is 17.0 Å². The summed E-state index contributed by atoms with van der Waals surface area (Å²) in [6.45, 7) is 3.54. The van der Waals surface area contributed by atoms with Crippen molar-refractivity contribution in [3.63, 3.8) is 0 Å². The molecule has 1 saturated heterocycles. The van der Waals surface area contributed by atoms with Gasteiger partial charge in [-0.3, -0.25) is 4.90 Å². The zero-order valence-electron chi connectivity index (χ0n) is 12.2. The minimum Gasteiger partial charge on any atom is -0.349 e. The number of aromatic nitrogens is 1. The largest absolute Gasteiger partial charge is 0.349 e. The van der Waals surface area contributed by atoms with Crippen molar-refractivity contribution in [2.45, 2.75) is 24.4 Å². The van der Waals surface area contributed by atoms with Crippen molar-refractivity contribution in [2.75, 3.05) is 19.8 Å². The molecule has 0 unspecified atom stereocenters. The SMILES string of the molecule is CSc1[nH]c2cccc3c2c1C[C@@H]1C(=C3)[C@@H](C)CN1C. The average Bonchev–Trinajstić information content (AvgIpc) is 2.83. The number of fused-ring (bicyclic) bond motifs is 1. The molecular formula is C17H20N2S. The van der Waals surface area contributed by atoms with Crippen LogP contribution in [-0.4, -0.2) is 35.8 Å². The van der Waals surface area contributed by atoms with Gasteiger partial charge in [0, 0.05) is 23.5 Å². The predicted octanol–water partition coefficient (Wildman–Crippen LogP) is 3.78. The molecule has 3 heteroatoms. The van der Waals surface area contributed by atoms with Crippen molar-refractivity contribution in [3.8, 4) is 0 Å². The molecule has 2 nitrogen and oxygen atoms in total. The molecule has 1 N–H and O–H groups in total. The molecule has 2 aliphatic rings. The Morgan fingerprint density at radius 3 is 3.00 bits per heavy atom. The maximum Gasteiger partial charge on any atom is 0.0763 e. The molecule has 1 fully saturated rings. The fourth-order valence-electron chi connectivity index (χ4n) is 3.94. The van der Waals surface area contributed by atoms with E-state index in [0.29, 0.717) is 12.0 Å². The molecule has 0 bridgehead atoms. The van der Waals surface area contributed by atoms with Gasteiger partial charge in [-0.05, 0) is 48.4 Å². The number of nitrogens with one attached hydrogen (secondary N) is 1. The highest BCUT2D eigenvalue weighted by Gasteiger charge is 2.35. The van der Waals surface area contributed by atoms with E-state index in [1.807, 2.05) is 11.8 Å². The number of benzene rings is 1.